The molecule has 0 unspecified atom stereocenters. The largest absolute Gasteiger partial charge is 0.339 e. The smallest absolute Gasteiger partial charge is 0.253 e. The number of amides is 1. The maximum absolute atomic E-state index is 12.5. The third-order valence-electron chi connectivity index (χ3n) is 4.21. The van der Waals surface area contributed by atoms with E-state index in [0.29, 0.717) is 10.9 Å². The Morgan fingerprint density at radius 2 is 1.65 bits per heavy atom. The van der Waals surface area contributed by atoms with Crippen LogP contribution in [-0.4, -0.2) is 43.8 Å². The van der Waals surface area contributed by atoms with Crippen LogP contribution in [0.3, 0.4) is 0 Å². The number of anilines is 1. The third-order valence-corrected chi connectivity index (χ3v) is 6.17. The van der Waals surface area contributed by atoms with E-state index in [0.717, 1.165) is 42.6 Å². The van der Waals surface area contributed by atoms with E-state index in [1.165, 1.54) is 0 Å². The molecule has 1 heterocycles. The number of carbonyl (C=O) groups excluding carboxylic acids is 1. The van der Waals surface area contributed by atoms with E-state index >= 15 is 0 Å². The molecular formula is C19H22N2O3S2. The van der Waals surface area contributed by atoms with E-state index in [1.54, 1.807) is 23.9 Å². The minimum atomic E-state index is -3.25. The molecule has 2 aromatic carbocycles. The van der Waals surface area contributed by atoms with Crippen molar-refractivity contribution in [3.63, 3.8) is 0 Å². The average molecular weight is 391 g/mol. The Kier molecular flexibility index (Phi) is 5.88. The lowest BCUT2D eigenvalue weighted by Crippen LogP contribution is -2.39. The van der Waals surface area contributed by atoms with Gasteiger partial charge in [0, 0.05) is 34.5 Å². The van der Waals surface area contributed by atoms with Crippen LogP contribution in [-0.2, 0) is 10.0 Å². The fraction of sp³-hybridized carbons (Fsp3) is 0.316. The number of hydrogen-bond acceptors (Lipinski definition) is 4. The molecule has 0 bridgehead atoms. The van der Waals surface area contributed by atoms with Gasteiger partial charge in [-0.2, -0.15) is 0 Å². The van der Waals surface area contributed by atoms with Gasteiger partial charge >= 0.3 is 0 Å². The van der Waals surface area contributed by atoms with Gasteiger partial charge in [-0.3, -0.25) is 9.52 Å². The number of hydrogen-bond donors (Lipinski definition) is 1. The molecule has 1 amide bonds. The molecule has 0 aromatic heterocycles. The summed E-state index contributed by atoms with van der Waals surface area (Å²) in [7, 11) is -3.25. The zero-order valence-electron chi connectivity index (χ0n) is 14.6. The maximum Gasteiger partial charge on any atom is 0.253 e. The molecule has 5 nitrogen and oxygen atoms in total. The van der Waals surface area contributed by atoms with Crippen LogP contribution in [0.15, 0.2) is 59.5 Å². The second-order valence-electron chi connectivity index (χ2n) is 6.37. The summed E-state index contributed by atoms with van der Waals surface area (Å²) in [5, 5.41) is 0.462. The lowest BCUT2D eigenvalue weighted by Gasteiger charge is -2.31. The van der Waals surface area contributed by atoms with Gasteiger partial charge in [0.25, 0.3) is 5.91 Å². The first-order chi connectivity index (χ1) is 12.4. The summed E-state index contributed by atoms with van der Waals surface area (Å²) in [4.78, 5) is 15.5. The van der Waals surface area contributed by atoms with Crippen LogP contribution < -0.4 is 4.72 Å². The Bertz CT molecular complexity index is 844. The lowest BCUT2D eigenvalue weighted by atomic mass is 10.1. The number of rotatable bonds is 5. The van der Waals surface area contributed by atoms with Crippen molar-refractivity contribution in [2.45, 2.75) is 23.0 Å². The summed E-state index contributed by atoms with van der Waals surface area (Å²) >= 11 is 1.79. The summed E-state index contributed by atoms with van der Waals surface area (Å²) < 4.78 is 24.9. The van der Waals surface area contributed by atoms with Gasteiger partial charge in [-0.25, -0.2) is 8.42 Å². The van der Waals surface area contributed by atoms with Gasteiger partial charge in [-0.15, -0.1) is 11.8 Å². The van der Waals surface area contributed by atoms with Gasteiger partial charge in [0.2, 0.25) is 10.0 Å². The fourth-order valence-corrected chi connectivity index (χ4v) is 4.64. The Morgan fingerprint density at radius 1 is 1.04 bits per heavy atom. The molecule has 0 saturated carbocycles. The maximum atomic E-state index is 12.5. The molecule has 7 heteroatoms. The van der Waals surface area contributed by atoms with Crippen molar-refractivity contribution in [3.8, 4) is 0 Å². The van der Waals surface area contributed by atoms with Crippen molar-refractivity contribution >= 4 is 33.4 Å². The highest BCUT2D eigenvalue weighted by molar-refractivity contribution is 8.00. The minimum absolute atomic E-state index is 0.102. The van der Waals surface area contributed by atoms with Crippen LogP contribution in [0.4, 0.5) is 5.69 Å². The average Bonchev–Trinajstić information content (AvgIpc) is 2.63. The van der Waals surface area contributed by atoms with Crippen LogP contribution in [0.1, 0.15) is 23.2 Å². The summed E-state index contributed by atoms with van der Waals surface area (Å²) in [6.07, 6.45) is 3.04. The second kappa shape index (κ2) is 8.14. The van der Waals surface area contributed by atoms with Crippen molar-refractivity contribution in [2.24, 2.45) is 0 Å². The first-order valence-electron chi connectivity index (χ1n) is 8.49. The number of thioether (sulfide) groups is 1. The first-order valence-corrected chi connectivity index (χ1v) is 11.3. The molecule has 0 atom stereocenters. The number of carbonyl (C=O) groups is 1. The molecule has 0 radical (unpaired) electrons. The number of nitrogens with one attached hydrogen (secondary N) is 1. The number of nitrogens with zero attached hydrogens (tertiary/aromatic N) is 1. The monoisotopic (exact) mass is 390 g/mol. The van der Waals surface area contributed by atoms with Crippen molar-refractivity contribution in [3.05, 3.63) is 60.2 Å². The van der Waals surface area contributed by atoms with Gasteiger partial charge in [0.1, 0.15) is 0 Å². The molecule has 0 aliphatic carbocycles. The Labute approximate surface area is 158 Å². The van der Waals surface area contributed by atoms with E-state index in [4.69, 9.17) is 0 Å². The topological polar surface area (TPSA) is 66.5 Å². The van der Waals surface area contributed by atoms with Gasteiger partial charge in [-0.1, -0.05) is 18.2 Å². The molecule has 1 fully saturated rings. The van der Waals surface area contributed by atoms with Gasteiger partial charge < -0.3 is 4.90 Å². The minimum Gasteiger partial charge on any atom is -0.339 e. The van der Waals surface area contributed by atoms with E-state index in [2.05, 4.69) is 4.72 Å². The van der Waals surface area contributed by atoms with E-state index in [-0.39, 0.29) is 5.91 Å². The Balaban J connectivity index is 1.52. The Morgan fingerprint density at radius 3 is 2.23 bits per heavy atom. The second-order valence-corrected chi connectivity index (χ2v) is 9.50. The van der Waals surface area contributed by atoms with Crippen molar-refractivity contribution in [2.75, 3.05) is 24.1 Å². The number of likely N-dealkylation sites (tertiary alicyclic amines) is 1. The fourth-order valence-electron chi connectivity index (χ4n) is 2.95. The number of piperidine rings is 1. The van der Waals surface area contributed by atoms with Crippen molar-refractivity contribution in [1.29, 1.82) is 0 Å². The summed E-state index contributed by atoms with van der Waals surface area (Å²) in [6, 6.07) is 16.8. The normalized spacial score (nSPS) is 15.7. The highest BCUT2D eigenvalue weighted by atomic mass is 32.2. The van der Waals surface area contributed by atoms with Gasteiger partial charge in [0.05, 0.1) is 6.26 Å². The predicted octanol–water partition coefficient (Wildman–Crippen LogP) is 3.46. The zero-order valence-corrected chi connectivity index (χ0v) is 16.2. The molecule has 0 spiro atoms. The SMILES string of the molecule is CS(=O)(=O)Nc1ccc(SC2CCN(C(=O)c3ccccc3)CC2)cc1. The van der Waals surface area contributed by atoms with Crippen LogP contribution in [0, 0.1) is 0 Å². The number of sulfonamides is 1. The van der Waals surface area contributed by atoms with Crippen molar-refractivity contribution in [1.82, 2.24) is 4.90 Å². The van der Waals surface area contributed by atoms with Gasteiger partial charge in [0.15, 0.2) is 0 Å². The standard InChI is InChI=1S/C19H22N2O3S2/c1-26(23,24)20-16-7-9-17(10-8-16)25-18-11-13-21(14-12-18)19(22)15-5-3-2-4-6-15/h2-10,18,20H,11-14H2,1H3. The predicted molar refractivity (Wildman–Crippen MR) is 106 cm³/mol. The zero-order chi connectivity index (χ0) is 18.6. The first kappa shape index (κ1) is 18.8. The van der Waals surface area contributed by atoms with Crippen LogP contribution >= 0.6 is 11.8 Å². The van der Waals surface area contributed by atoms with Crippen LogP contribution in [0.25, 0.3) is 0 Å². The molecule has 26 heavy (non-hydrogen) atoms. The van der Waals surface area contributed by atoms with Crippen LogP contribution in [0.5, 0.6) is 0 Å². The molecule has 1 aliphatic heterocycles. The van der Waals surface area contributed by atoms with Crippen LogP contribution in [0.2, 0.25) is 0 Å². The highest BCUT2D eigenvalue weighted by Gasteiger charge is 2.24. The highest BCUT2D eigenvalue weighted by Crippen LogP contribution is 2.31. The van der Waals surface area contributed by atoms with Crippen molar-refractivity contribution < 1.29 is 13.2 Å². The molecular weight excluding hydrogens is 368 g/mol. The summed E-state index contributed by atoms with van der Waals surface area (Å²) in [5.74, 6) is 0.102. The molecule has 1 saturated heterocycles. The molecule has 3 rings (SSSR count). The molecule has 1 aliphatic rings. The summed E-state index contributed by atoms with van der Waals surface area (Å²) in [5.41, 5.74) is 1.31. The number of benzene rings is 2. The third kappa shape index (κ3) is 5.25. The molecule has 2 aromatic rings. The molecule has 1 N–H and O–H groups in total. The van der Waals surface area contributed by atoms with Gasteiger partial charge in [-0.05, 0) is 49.2 Å². The summed E-state index contributed by atoms with van der Waals surface area (Å²) in [6.45, 7) is 1.53. The lowest BCUT2D eigenvalue weighted by molar-refractivity contribution is 0.0727. The van der Waals surface area contributed by atoms with E-state index in [9.17, 15) is 13.2 Å². The van der Waals surface area contributed by atoms with E-state index < -0.39 is 10.0 Å². The Hall–Kier alpha value is -1.99. The molecule has 138 valence electrons. The quantitative estimate of drug-likeness (QED) is 0.849. The van der Waals surface area contributed by atoms with E-state index in [1.807, 2.05) is 47.4 Å².